The van der Waals surface area contributed by atoms with E-state index in [4.69, 9.17) is 0 Å². The van der Waals surface area contributed by atoms with Crippen LogP contribution in [0.5, 0.6) is 0 Å². The molecule has 7 nitrogen and oxygen atoms in total. The molecule has 148 valence electrons. The molecular formula is C20H23N3O4S. The maximum absolute atomic E-state index is 12.9. The van der Waals surface area contributed by atoms with Gasteiger partial charge in [0, 0.05) is 18.4 Å². The van der Waals surface area contributed by atoms with E-state index >= 15 is 0 Å². The van der Waals surface area contributed by atoms with Crippen molar-refractivity contribution in [3.63, 3.8) is 0 Å². The zero-order valence-electron chi connectivity index (χ0n) is 16.2. The Kier molecular flexibility index (Phi) is 5.27. The Hall–Kier alpha value is -2.71. The summed E-state index contributed by atoms with van der Waals surface area (Å²) < 4.78 is 26.7. The number of hydrogen-bond acceptors (Lipinski definition) is 4. The van der Waals surface area contributed by atoms with Gasteiger partial charge in [-0.1, -0.05) is 12.1 Å². The van der Waals surface area contributed by atoms with Crippen molar-refractivity contribution in [2.24, 2.45) is 0 Å². The molecule has 2 aromatic carbocycles. The molecule has 0 saturated heterocycles. The van der Waals surface area contributed by atoms with E-state index in [9.17, 15) is 18.0 Å². The first kappa shape index (κ1) is 20.0. The molecule has 8 heteroatoms. The van der Waals surface area contributed by atoms with Crippen molar-refractivity contribution in [2.45, 2.75) is 31.6 Å². The van der Waals surface area contributed by atoms with Crippen LogP contribution in [0.25, 0.3) is 0 Å². The average molecular weight is 401 g/mol. The number of likely N-dealkylation sites (N-methyl/N-ethyl adjacent to an activating group) is 1. The standard InChI is InChI=1S/C20H23N3O4S/c1-12-5-6-13(2)18(9-12)21-19(24)11-23(4)28(26,27)15-7-8-17-16(10-15)14(3)20(25)22-17/h5-10,14H,11H2,1-4H3,(H,21,24)(H,22,25)/t14-/m0/s1. The molecule has 1 aliphatic heterocycles. The van der Waals surface area contributed by atoms with Gasteiger partial charge in [-0.25, -0.2) is 8.42 Å². The van der Waals surface area contributed by atoms with E-state index in [1.807, 2.05) is 32.0 Å². The van der Waals surface area contributed by atoms with Crippen molar-refractivity contribution in [3.05, 3.63) is 53.1 Å². The summed E-state index contributed by atoms with van der Waals surface area (Å²) in [6.07, 6.45) is 0. The first-order chi connectivity index (χ1) is 13.1. The maximum atomic E-state index is 12.9. The number of nitrogens with zero attached hydrogens (tertiary/aromatic N) is 1. The van der Waals surface area contributed by atoms with Gasteiger partial charge in [0.05, 0.1) is 17.4 Å². The third kappa shape index (κ3) is 3.79. The van der Waals surface area contributed by atoms with E-state index in [2.05, 4.69) is 10.6 Å². The second kappa shape index (κ2) is 7.37. The van der Waals surface area contributed by atoms with Crippen LogP contribution in [0.1, 0.15) is 29.5 Å². The van der Waals surface area contributed by atoms with Gasteiger partial charge in [0.15, 0.2) is 0 Å². The van der Waals surface area contributed by atoms with E-state index in [0.29, 0.717) is 16.9 Å². The van der Waals surface area contributed by atoms with Crippen molar-refractivity contribution in [1.82, 2.24) is 4.31 Å². The molecule has 2 aromatic rings. The van der Waals surface area contributed by atoms with Gasteiger partial charge in [0.1, 0.15) is 0 Å². The number of carbonyl (C=O) groups excluding carboxylic acids is 2. The Balaban J connectivity index is 1.76. The molecule has 0 unspecified atom stereocenters. The minimum Gasteiger partial charge on any atom is -0.325 e. The molecule has 0 radical (unpaired) electrons. The van der Waals surface area contributed by atoms with E-state index in [1.165, 1.54) is 19.2 Å². The van der Waals surface area contributed by atoms with Crippen LogP contribution in [0.15, 0.2) is 41.3 Å². The van der Waals surface area contributed by atoms with Crippen LogP contribution in [-0.4, -0.2) is 38.1 Å². The van der Waals surface area contributed by atoms with Gasteiger partial charge in [0.2, 0.25) is 21.8 Å². The van der Waals surface area contributed by atoms with E-state index in [-0.39, 0.29) is 17.3 Å². The highest BCUT2D eigenvalue weighted by atomic mass is 32.2. The highest BCUT2D eigenvalue weighted by Gasteiger charge is 2.30. The molecule has 1 aliphatic rings. The molecule has 2 amide bonds. The molecule has 3 rings (SSSR count). The lowest BCUT2D eigenvalue weighted by Crippen LogP contribution is -2.35. The molecule has 1 heterocycles. The van der Waals surface area contributed by atoms with Gasteiger partial charge in [0.25, 0.3) is 0 Å². The van der Waals surface area contributed by atoms with Crippen molar-refractivity contribution in [2.75, 3.05) is 24.2 Å². The molecule has 0 spiro atoms. The highest BCUT2D eigenvalue weighted by Crippen LogP contribution is 2.34. The van der Waals surface area contributed by atoms with Crippen molar-refractivity contribution >= 4 is 33.2 Å². The van der Waals surface area contributed by atoms with Gasteiger partial charge in [-0.15, -0.1) is 0 Å². The number of sulfonamides is 1. The fraction of sp³-hybridized carbons (Fsp3) is 0.300. The monoisotopic (exact) mass is 401 g/mol. The second-order valence-electron chi connectivity index (χ2n) is 7.09. The topological polar surface area (TPSA) is 95.6 Å². The molecule has 0 aromatic heterocycles. The number of amides is 2. The predicted molar refractivity (Wildman–Crippen MR) is 108 cm³/mol. The smallest absolute Gasteiger partial charge is 0.243 e. The minimum absolute atomic E-state index is 0.0524. The zero-order chi connectivity index (χ0) is 20.6. The summed E-state index contributed by atoms with van der Waals surface area (Å²) in [5, 5.41) is 5.47. The number of fused-ring (bicyclic) bond motifs is 1. The summed E-state index contributed by atoms with van der Waals surface area (Å²) in [4.78, 5) is 24.2. The summed E-state index contributed by atoms with van der Waals surface area (Å²) in [6.45, 7) is 5.19. The van der Waals surface area contributed by atoms with Crippen LogP contribution < -0.4 is 10.6 Å². The summed E-state index contributed by atoms with van der Waals surface area (Å²) in [5.41, 5.74) is 3.81. The van der Waals surface area contributed by atoms with Gasteiger partial charge < -0.3 is 10.6 Å². The summed E-state index contributed by atoms with van der Waals surface area (Å²) >= 11 is 0. The molecule has 0 aliphatic carbocycles. The second-order valence-corrected chi connectivity index (χ2v) is 9.13. The van der Waals surface area contributed by atoms with Crippen LogP contribution in [0.4, 0.5) is 11.4 Å². The number of rotatable bonds is 5. The number of hydrogen-bond donors (Lipinski definition) is 2. The number of benzene rings is 2. The number of anilines is 2. The molecule has 0 bridgehead atoms. The van der Waals surface area contributed by atoms with Crippen molar-refractivity contribution < 1.29 is 18.0 Å². The predicted octanol–water partition coefficient (Wildman–Crippen LogP) is 2.62. The fourth-order valence-corrected chi connectivity index (χ4v) is 4.25. The van der Waals surface area contributed by atoms with Crippen LogP contribution >= 0.6 is 0 Å². The molecule has 1 atom stereocenters. The Morgan fingerprint density at radius 2 is 1.89 bits per heavy atom. The maximum Gasteiger partial charge on any atom is 0.243 e. The number of nitrogens with one attached hydrogen (secondary N) is 2. The third-order valence-corrected chi connectivity index (χ3v) is 6.68. The Morgan fingerprint density at radius 1 is 1.18 bits per heavy atom. The fourth-order valence-electron chi connectivity index (χ4n) is 3.08. The Bertz CT molecular complexity index is 1060. The van der Waals surface area contributed by atoms with Crippen LogP contribution in [0.2, 0.25) is 0 Å². The first-order valence-electron chi connectivity index (χ1n) is 8.88. The first-order valence-corrected chi connectivity index (χ1v) is 10.3. The lowest BCUT2D eigenvalue weighted by Gasteiger charge is -2.18. The normalized spacial score (nSPS) is 16.0. The SMILES string of the molecule is Cc1ccc(C)c(NC(=O)CN(C)S(=O)(=O)c2ccc3c(c2)[C@H](C)C(=O)N3)c1. The van der Waals surface area contributed by atoms with Gasteiger partial charge in [-0.05, 0) is 61.7 Å². The summed E-state index contributed by atoms with van der Waals surface area (Å²) in [7, 11) is -2.51. The van der Waals surface area contributed by atoms with Crippen LogP contribution in [-0.2, 0) is 19.6 Å². The molecule has 28 heavy (non-hydrogen) atoms. The van der Waals surface area contributed by atoms with E-state index in [0.717, 1.165) is 15.4 Å². The summed E-state index contributed by atoms with van der Waals surface area (Å²) in [6, 6.07) is 10.2. The highest BCUT2D eigenvalue weighted by molar-refractivity contribution is 7.89. The lowest BCUT2D eigenvalue weighted by atomic mass is 10.0. The Labute approximate surface area is 164 Å². The molecular weight excluding hydrogens is 378 g/mol. The van der Waals surface area contributed by atoms with Crippen LogP contribution in [0.3, 0.4) is 0 Å². The number of carbonyl (C=O) groups is 2. The Morgan fingerprint density at radius 3 is 2.61 bits per heavy atom. The molecule has 0 fully saturated rings. The van der Waals surface area contributed by atoms with E-state index in [1.54, 1.807) is 13.0 Å². The zero-order valence-corrected chi connectivity index (χ0v) is 17.1. The molecule has 0 saturated carbocycles. The average Bonchev–Trinajstić information content (AvgIpc) is 2.91. The van der Waals surface area contributed by atoms with Crippen LogP contribution in [0, 0.1) is 13.8 Å². The van der Waals surface area contributed by atoms with Gasteiger partial charge >= 0.3 is 0 Å². The van der Waals surface area contributed by atoms with Gasteiger partial charge in [-0.3, -0.25) is 9.59 Å². The summed E-state index contributed by atoms with van der Waals surface area (Å²) in [5.74, 6) is -1.000. The van der Waals surface area contributed by atoms with Crippen molar-refractivity contribution in [1.29, 1.82) is 0 Å². The minimum atomic E-state index is -3.87. The molecule has 2 N–H and O–H groups in total. The van der Waals surface area contributed by atoms with Gasteiger partial charge in [-0.2, -0.15) is 4.31 Å². The lowest BCUT2D eigenvalue weighted by molar-refractivity contribution is -0.117. The number of aryl methyl sites for hydroxylation is 2. The third-order valence-electron chi connectivity index (χ3n) is 4.88. The largest absolute Gasteiger partial charge is 0.325 e. The quantitative estimate of drug-likeness (QED) is 0.805. The van der Waals surface area contributed by atoms with Crippen molar-refractivity contribution in [3.8, 4) is 0 Å². The van der Waals surface area contributed by atoms with E-state index < -0.39 is 21.8 Å².